The number of para-hydroxylation sites is 1. The van der Waals surface area contributed by atoms with Crippen molar-refractivity contribution in [1.29, 1.82) is 0 Å². The zero-order valence-electron chi connectivity index (χ0n) is 15.3. The summed E-state index contributed by atoms with van der Waals surface area (Å²) < 4.78 is 43.4. The number of benzene rings is 2. The van der Waals surface area contributed by atoms with Gasteiger partial charge in [0.05, 0.1) is 5.56 Å². The van der Waals surface area contributed by atoms with Crippen LogP contribution < -0.4 is 15.6 Å². The molecule has 2 amide bonds. The average molecular weight is 392 g/mol. The van der Waals surface area contributed by atoms with E-state index in [0.29, 0.717) is 5.75 Å². The van der Waals surface area contributed by atoms with Crippen LogP contribution in [-0.2, 0) is 15.8 Å². The van der Waals surface area contributed by atoms with Gasteiger partial charge in [-0.15, -0.1) is 0 Å². The number of carbonyl (C=O) groups is 2. The van der Waals surface area contributed by atoms with Gasteiger partial charge in [0.25, 0.3) is 11.8 Å². The van der Waals surface area contributed by atoms with Crippen LogP contribution in [0.15, 0.2) is 48.5 Å². The van der Waals surface area contributed by atoms with E-state index in [9.17, 15) is 22.8 Å². The molecular weight excluding hydrogens is 373 g/mol. The molecule has 0 spiro atoms. The topological polar surface area (TPSA) is 67.4 Å². The molecule has 0 heterocycles. The fraction of sp³-hybridized carbons (Fsp3) is 0.200. The lowest BCUT2D eigenvalue weighted by atomic mass is 10.1. The largest absolute Gasteiger partial charge is 0.483 e. The van der Waals surface area contributed by atoms with Gasteiger partial charge in [0.1, 0.15) is 5.75 Å². The minimum absolute atomic E-state index is 0.203. The summed E-state index contributed by atoms with van der Waals surface area (Å²) in [7, 11) is 0. The number of hydrazine groups is 1. The fourth-order valence-corrected chi connectivity index (χ4v) is 2.36. The van der Waals surface area contributed by atoms with Crippen LogP contribution in [0.5, 0.6) is 5.75 Å². The zero-order chi connectivity index (χ0) is 20.7. The predicted octanol–water partition coefficient (Wildman–Crippen LogP) is 3.56. The first-order valence-electron chi connectivity index (χ1n) is 8.30. The molecule has 28 heavy (non-hydrogen) atoms. The molecule has 0 saturated heterocycles. The van der Waals surface area contributed by atoms with E-state index in [1.807, 2.05) is 32.0 Å². The minimum atomic E-state index is -4.46. The molecule has 0 aliphatic rings. The maximum atomic E-state index is 12.7. The van der Waals surface area contributed by atoms with Gasteiger partial charge in [-0.3, -0.25) is 20.4 Å². The summed E-state index contributed by atoms with van der Waals surface area (Å²) >= 11 is 0. The molecular formula is C20H19F3N2O3. The summed E-state index contributed by atoms with van der Waals surface area (Å²) in [4.78, 5) is 23.5. The van der Waals surface area contributed by atoms with Gasteiger partial charge < -0.3 is 4.74 Å². The first kappa shape index (κ1) is 21.0. The van der Waals surface area contributed by atoms with Gasteiger partial charge in [-0.05, 0) is 48.7 Å². The smallest absolute Gasteiger partial charge is 0.416 e. The quantitative estimate of drug-likeness (QED) is 0.604. The third-order valence-electron chi connectivity index (χ3n) is 3.72. The van der Waals surface area contributed by atoms with Crippen LogP contribution in [0, 0.1) is 13.8 Å². The van der Waals surface area contributed by atoms with Crippen LogP contribution in [0.3, 0.4) is 0 Å². The normalized spacial score (nSPS) is 11.3. The second-order valence-electron chi connectivity index (χ2n) is 6.00. The number of rotatable bonds is 5. The second kappa shape index (κ2) is 9.07. The highest BCUT2D eigenvalue weighted by Crippen LogP contribution is 2.29. The van der Waals surface area contributed by atoms with Gasteiger partial charge in [-0.2, -0.15) is 13.2 Å². The van der Waals surface area contributed by atoms with Crippen molar-refractivity contribution in [1.82, 2.24) is 10.9 Å². The molecule has 2 aromatic carbocycles. The van der Waals surface area contributed by atoms with Crippen molar-refractivity contribution in [3.63, 3.8) is 0 Å². The predicted molar refractivity (Wildman–Crippen MR) is 98.2 cm³/mol. The van der Waals surface area contributed by atoms with Gasteiger partial charge in [0, 0.05) is 6.08 Å². The van der Waals surface area contributed by atoms with Crippen LogP contribution in [0.2, 0.25) is 0 Å². The van der Waals surface area contributed by atoms with E-state index in [4.69, 9.17) is 4.74 Å². The molecule has 2 N–H and O–H groups in total. The lowest BCUT2D eigenvalue weighted by Crippen LogP contribution is -2.43. The van der Waals surface area contributed by atoms with E-state index in [1.54, 1.807) is 0 Å². The molecule has 8 heteroatoms. The lowest BCUT2D eigenvalue weighted by Gasteiger charge is -2.12. The van der Waals surface area contributed by atoms with Gasteiger partial charge in [0.2, 0.25) is 0 Å². The van der Waals surface area contributed by atoms with E-state index in [0.717, 1.165) is 29.3 Å². The molecule has 0 unspecified atom stereocenters. The van der Waals surface area contributed by atoms with E-state index >= 15 is 0 Å². The maximum absolute atomic E-state index is 12.7. The highest BCUT2D eigenvalue weighted by atomic mass is 19.4. The Morgan fingerprint density at radius 1 is 1.04 bits per heavy atom. The van der Waals surface area contributed by atoms with Crippen LogP contribution in [0.1, 0.15) is 22.3 Å². The maximum Gasteiger partial charge on any atom is 0.416 e. The van der Waals surface area contributed by atoms with Gasteiger partial charge in [-0.1, -0.05) is 30.3 Å². The number of carbonyl (C=O) groups excluding carboxylic acids is 2. The molecule has 0 aliphatic heterocycles. The highest BCUT2D eigenvalue weighted by molar-refractivity contribution is 5.93. The van der Waals surface area contributed by atoms with E-state index in [1.165, 1.54) is 18.2 Å². The highest BCUT2D eigenvalue weighted by Gasteiger charge is 2.30. The summed E-state index contributed by atoms with van der Waals surface area (Å²) in [5.74, 6) is -0.685. The minimum Gasteiger partial charge on any atom is -0.483 e. The van der Waals surface area contributed by atoms with Crippen molar-refractivity contribution in [2.75, 3.05) is 6.61 Å². The first-order valence-corrected chi connectivity index (χ1v) is 8.30. The van der Waals surface area contributed by atoms with Gasteiger partial charge in [-0.25, -0.2) is 0 Å². The monoisotopic (exact) mass is 392 g/mol. The average Bonchev–Trinajstić information content (AvgIpc) is 2.64. The number of hydrogen-bond donors (Lipinski definition) is 2. The number of halogens is 3. The van der Waals surface area contributed by atoms with Gasteiger partial charge in [0.15, 0.2) is 6.61 Å². The van der Waals surface area contributed by atoms with Crippen molar-refractivity contribution < 1.29 is 27.5 Å². The molecule has 5 nitrogen and oxygen atoms in total. The Balaban J connectivity index is 1.83. The van der Waals surface area contributed by atoms with Crippen molar-refractivity contribution in [3.8, 4) is 5.75 Å². The number of hydrogen-bond acceptors (Lipinski definition) is 3. The van der Waals surface area contributed by atoms with E-state index in [2.05, 4.69) is 10.9 Å². The summed E-state index contributed by atoms with van der Waals surface area (Å²) in [6.07, 6.45) is -2.23. The van der Waals surface area contributed by atoms with E-state index < -0.39 is 23.6 Å². The Labute approximate surface area is 160 Å². The number of nitrogens with one attached hydrogen (secondary N) is 2. The fourth-order valence-electron chi connectivity index (χ4n) is 2.36. The summed E-state index contributed by atoms with van der Waals surface area (Å²) in [6, 6.07) is 10.1. The molecule has 0 atom stereocenters. The Morgan fingerprint density at radius 2 is 1.68 bits per heavy atom. The molecule has 0 aliphatic carbocycles. The first-order chi connectivity index (χ1) is 13.2. The molecule has 0 aromatic heterocycles. The number of amides is 2. The summed E-state index contributed by atoms with van der Waals surface area (Å²) in [6.45, 7) is 3.39. The van der Waals surface area contributed by atoms with Crippen LogP contribution in [0.4, 0.5) is 13.2 Å². The second-order valence-corrected chi connectivity index (χ2v) is 6.00. The third kappa shape index (κ3) is 6.15. The number of alkyl halides is 3. The SMILES string of the molecule is Cc1cccc(C)c1OCC(=O)NNC(=O)/C=C/c1cccc(C(F)(F)F)c1. The van der Waals surface area contributed by atoms with Crippen molar-refractivity contribution in [3.05, 3.63) is 70.8 Å². The molecule has 0 fully saturated rings. The number of ether oxygens (including phenoxy) is 1. The lowest BCUT2D eigenvalue weighted by molar-refractivity contribution is -0.137. The molecule has 2 rings (SSSR count). The molecule has 0 saturated carbocycles. The van der Waals surface area contributed by atoms with Crippen molar-refractivity contribution in [2.24, 2.45) is 0 Å². The summed E-state index contributed by atoms with van der Waals surface area (Å²) in [5.41, 5.74) is 5.45. The molecule has 2 aromatic rings. The van der Waals surface area contributed by atoms with Crippen LogP contribution in [0.25, 0.3) is 6.08 Å². The van der Waals surface area contributed by atoms with Crippen molar-refractivity contribution >= 4 is 17.9 Å². The Kier molecular flexibility index (Phi) is 6.81. The zero-order valence-corrected chi connectivity index (χ0v) is 15.3. The Morgan fingerprint density at radius 3 is 2.32 bits per heavy atom. The molecule has 0 radical (unpaired) electrons. The van der Waals surface area contributed by atoms with Crippen molar-refractivity contribution in [2.45, 2.75) is 20.0 Å². The Hall–Kier alpha value is -3.29. The third-order valence-corrected chi connectivity index (χ3v) is 3.72. The molecule has 148 valence electrons. The number of aryl methyl sites for hydroxylation is 2. The van der Waals surface area contributed by atoms with E-state index in [-0.39, 0.29) is 12.2 Å². The standard InChI is InChI=1S/C20H19F3N2O3/c1-13-5-3-6-14(2)19(13)28-12-18(27)25-24-17(26)10-9-15-7-4-8-16(11-15)20(21,22)23/h3-11H,12H2,1-2H3,(H,24,26)(H,25,27)/b10-9+. The molecule has 0 bridgehead atoms. The Bertz CT molecular complexity index is 872. The van der Waals surface area contributed by atoms with Crippen LogP contribution in [-0.4, -0.2) is 18.4 Å². The van der Waals surface area contributed by atoms with Crippen LogP contribution >= 0.6 is 0 Å². The summed E-state index contributed by atoms with van der Waals surface area (Å²) in [5, 5.41) is 0. The van der Waals surface area contributed by atoms with Gasteiger partial charge >= 0.3 is 6.18 Å².